The Bertz CT molecular complexity index is 1110. The fourth-order valence-electron chi connectivity index (χ4n) is 8.11. The zero-order valence-electron chi connectivity index (χ0n) is 22.5. The minimum absolute atomic E-state index is 0.112. The number of aryl methyl sites for hydroxylation is 2. The predicted octanol–water partition coefficient (Wildman–Crippen LogP) is 8.24. The molecule has 3 aliphatic rings. The van der Waals surface area contributed by atoms with Gasteiger partial charge >= 0.3 is 0 Å². The molecule has 3 fully saturated rings. The largest absolute Gasteiger partial charge is 0.507 e. The van der Waals surface area contributed by atoms with Crippen LogP contribution in [0.15, 0.2) is 24.3 Å². The van der Waals surface area contributed by atoms with E-state index in [1.807, 2.05) is 0 Å². The zero-order valence-corrected chi connectivity index (χ0v) is 22.5. The molecule has 0 aromatic heterocycles. The van der Waals surface area contributed by atoms with Crippen LogP contribution in [0.1, 0.15) is 112 Å². The number of fused-ring (bicyclic) bond motifs is 5. The van der Waals surface area contributed by atoms with Crippen LogP contribution in [0.2, 0.25) is 0 Å². The quantitative estimate of drug-likeness (QED) is 0.474. The van der Waals surface area contributed by atoms with E-state index in [1.165, 1.54) is 30.4 Å². The van der Waals surface area contributed by atoms with Crippen molar-refractivity contribution in [1.82, 2.24) is 0 Å². The Morgan fingerprint density at radius 1 is 0.676 bits per heavy atom. The van der Waals surface area contributed by atoms with Gasteiger partial charge in [0, 0.05) is 0 Å². The van der Waals surface area contributed by atoms with Gasteiger partial charge in [-0.1, -0.05) is 76.9 Å². The second-order valence-electron chi connectivity index (χ2n) is 13.9. The molecule has 0 amide bonds. The lowest BCUT2D eigenvalue weighted by atomic mass is 9.71. The van der Waals surface area contributed by atoms with Crippen LogP contribution in [-0.2, 0) is 10.8 Å². The molecule has 2 bridgehead atoms. The highest BCUT2D eigenvalue weighted by Gasteiger charge is 2.58. The lowest BCUT2D eigenvalue weighted by Gasteiger charge is -2.34. The number of aromatic hydroxyl groups is 2. The van der Waals surface area contributed by atoms with Gasteiger partial charge in [-0.3, -0.25) is 0 Å². The summed E-state index contributed by atoms with van der Waals surface area (Å²) < 4.78 is 0. The third-order valence-electron chi connectivity index (χ3n) is 9.47. The van der Waals surface area contributed by atoms with E-state index in [1.54, 1.807) is 0 Å². The molecule has 6 atom stereocenters. The number of rotatable bonds is 2. The van der Waals surface area contributed by atoms with Crippen LogP contribution in [-0.4, -0.2) is 10.2 Å². The van der Waals surface area contributed by atoms with Gasteiger partial charge in [0.05, 0.1) is 0 Å². The van der Waals surface area contributed by atoms with E-state index in [4.69, 9.17) is 0 Å². The normalized spacial score (nSPS) is 30.7. The lowest BCUT2D eigenvalue weighted by Crippen LogP contribution is -2.23. The Kier molecular flexibility index (Phi) is 5.43. The Balaban J connectivity index is 1.71. The molecule has 0 heterocycles. The van der Waals surface area contributed by atoms with Gasteiger partial charge in [0.25, 0.3) is 0 Å². The molecule has 2 aromatic carbocycles. The number of benzene rings is 2. The number of phenols is 2. The average Bonchev–Trinajstić information content (AvgIpc) is 3.41. The van der Waals surface area contributed by atoms with Gasteiger partial charge in [0.2, 0.25) is 0 Å². The number of hydrogen-bond donors (Lipinski definition) is 2. The van der Waals surface area contributed by atoms with Gasteiger partial charge in [-0.15, -0.1) is 0 Å². The summed E-state index contributed by atoms with van der Waals surface area (Å²) in [4.78, 5) is 0. The van der Waals surface area contributed by atoms with Crippen molar-refractivity contribution >= 4 is 0 Å². The standard InChI is InChI=1S/C32H44O2/c1-17-11-23(29(33)25(13-17)31(3,4)5)22-16-21-19-9-10-20(15-19)27(21)28(22)24-12-18(2)14-26(30(24)34)32(6,7)8/h11-14,19-22,27-28,33-34H,9-10,15-16H2,1-8H3/t19-,20+,21-,22+,27-,28+/m1/s1. The minimum Gasteiger partial charge on any atom is -0.507 e. The summed E-state index contributed by atoms with van der Waals surface area (Å²) in [6.07, 6.45) is 5.20. The summed E-state index contributed by atoms with van der Waals surface area (Å²) >= 11 is 0. The monoisotopic (exact) mass is 460 g/mol. The summed E-state index contributed by atoms with van der Waals surface area (Å²) in [5, 5.41) is 23.3. The van der Waals surface area contributed by atoms with Gasteiger partial charge in [0.1, 0.15) is 11.5 Å². The van der Waals surface area contributed by atoms with Crippen molar-refractivity contribution in [2.45, 2.75) is 104 Å². The Morgan fingerprint density at radius 2 is 1.18 bits per heavy atom. The van der Waals surface area contributed by atoms with E-state index in [-0.39, 0.29) is 22.7 Å². The first-order chi connectivity index (χ1) is 15.8. The van der Waals surface area contributed by atoms with Crippen molar-refractivity contribution in [2.24, 2.45) is 23.7 Å². The maximum absolute atomic E-state index is 11.7. The van der Waals surface area contributed by atoms with Gasteiger partial charge in [-0.05, 0) is 108 Å². The highest BCUT2D eigenvalue weighted by molar-refractivity contribution is 5.54. The van der Waals surface area contributed by atoms with Gasteiger partial charge in [-0.2, -0.15) is 0 Å². The molecule has 0 spiro atoms. The van der Waals surface area contributed by atoms with E-state index < -0.39 is 0 Å². The van der Waals surface area contributed by atoms with Crippen LogP contribution in [0.25, 0.3) is 0 Å². The Labute approximate surface area is 206 Å². The highest BCUT2D eigenvalue weighted by atomic mass is 16.3. The second-order valence-corrected chi connectivity index (χ2v) is 13.9. The Morgan fingerprint density at radius 3 is 1.74 bits per heavy atom. The van der Waals surface area contributed by atoms with Crippen molar-refractivity contribution in [3.05, 3.63) is 57.6 Å². The smallest absolute Gasteiger partial charge is 0.122 e. The van der Waals surface area contributed by atoms with Gasteiger partial charge in [-0.25, -0.2) is 0 Å². The molecule has 2 aromatic rings. The number of phenolic OH excluding ortho intramolecular Hbond substituents is 2. The third-order valence-corrected chi connectivity index (χ3v) is 9.47. The number of hydrogen-bond acceptors (Lipinski definition) is 2. The molecule has 0 aliphatic heterocycles. The molecule has 0 radical (unpaired) electrons. The molecule has 184 valence electrons. The molecule has 34 heavy (non-hydrogen) atoms. The van der Waals surface area contributed by atoms with Crippen LogP contribution < -0.4 is 0 Å². The lowest BCUT2D eigenvalue weighted by molar-refractivity contribution is 0.240. The third kappa shape index (κ3) is 3.67. The summed E-state index contributed by atoms with van der Waals surface area (Å²) in [5.41, 5.74) is 6.57. The fraction of sp³-hybridized carbons (Fsp3) is 0.625. The minimum atomic E-state index is -0.113. The van der Waals surface area contributed by atoms with Crippen molar-refractivity contribution in [3.8, 4) is 11.5 Å². The van der Waals surface area contributed by atoms with Crippen LogP contribution in [0.5, 0.6) is 11.5 Å². The first-order valence-corrected chi connectivity index (χ1v) is 13.5. The van der Waals surface area contributed by atoms with Crippen molar-refractivity contribution in [3.63, 3.8) is 0 Å². The second kappa shape index (κ2) is 7.77. The van der Waals surface area contributed by atoms with Crippen molar-refractivity contribution in [2.75, 3.05) is 0 Å². The molecule has 3 saturated carbocycles. The summed E-state index contributed by atoms with van der Waals surface area (Å²) in [7, 11) is 0. The van der Waals surface area contributed by atoms with Crippen LogP contribution in [0.3, 0.4) is 0 Å². The Hall–Kier alpha value is -1.96. The maximum atomic E-state index is 11.7. The van der Waals surface area contributed by atoms with E-state index in [0.29, 0.717) is 23.3 Å². The molecule has 2 N–H and O–H groups in total. The molecule has 2 heteroatoms. The highest BCUT2D eigenvalue weighted by Crippen LogP contribution is 2.68. The van der Waals surface area contributed by atoms with Gasteiger partial charge in [0.15, 0.2) is 0 Å². The average molecular weight is 461 g/mol. The molecule has 5 rings (SSSR count). The fourth-order valence-corrected chi connectivity index (χ4v) is 8.11. The maximum Gasteiger partial charge on any atom is 0.122 e. The molecular weight excluding hydrogens is 416 g/mol. The van der Waals surface area contributed by atoms with E-state index in [0.717, 1.165) is 40.5 Å². The molecule has 0 saturated heterocycles. The topological polar surface area (TPSA) is 40.5 Å². The van der Waals surface area contributed by atoms with Crippen LogP contribution >= 0.6 is 0 Å². The van der Waals surface area contributed by atoms with Crippen molar-refractivity contribution in [1.29, 1.82) is 0 Å². The zero-order chi connectivity index (χ0) is 24.7. The van der Waals surface area contributed by atoms with E-state index in [2.05, 4.69) is 79.7 Å². The molecule has 3 aliphatic carbocycles. The first kappa shape index (κ1) is 23.8. The first-order valence-electron chi connectivity index (χ1n) is 13.5. The van der Waals surface area contributed by atoms with Crippen molar-refractivity contribution < 1.29 is 10.2 Å². The van der Waals surface area contributed by atoms with E-state index >= 15 is 0 Å². The molecule has 0 unspecified atom stereocenters. The summed E-state index contributed by atoms with van der Waals surface area (Å²) in [6, 6.07) is 8.83. The summed E-state index contributed by atoms with van der Waals surface area (Å²) in [6.45, 7) is 17.5. The summed E-state index contributed by atoms with van der Waals surface area (Å²) in [5.74, 6) is 4.42. The predicted molar refractivity (Wildman–Crippen MR) is 141 cm³/mol. The molecular formula is C32H44O2. The van der Waals surface area contributed by atoms with Gasteiger partial charge < -0.3 is 10.2 Å². The van der Waals surface area contributed by atoms with Crippen LogP contribution in [0, 0.1) is 37.5 Å². The van der Waals surface area contributed by atoms with Crippen LogP contribution in [0.4, 0.5) is 0 Å². The van der Waals surface area contributed by atoms with E-state index in [9.17, 15) is 10.2 Å². The molecule has 2 nitrogen and oxygen atoms in total. The SMILES string of the molecule is Cc1cc([C@H]2[C@@H]3[C@H]4CC[C@H](C4)[C@H]3C[C@H]2c2cc(C)cc(C(C)(C)C)c2O)c(O)c(C(C)(C)C)c1.